The zero-order valence-corrected chi connectivity index (χ0v) is 13.0. The van der Waals surface area contributed by atoms with Gasteiger partial charge in [0.2, 0.25) is 5.82 Å². The van der Waals surface area contributed by atoms with Crippen LogP contribution in [0, 0.1) is 11.3 Å². The van der Waals surface area contributed by atoms with Gasteiger partial charge in [0.25, 0.3) is 0 Å². The standard InChI is InChI=1S/C16H19N7/c1-12-4-2-3-9-23(12)15-7-5-14(6-8-15)18-11-13(10-17)16-19-21-22-20-16/h5-8,11-12,18H,2-4,9H2,1H3,(H,19,20,21,22). The van der Waals surface area contributed by atoms with Gasteiger partial charge >= 0.3 is 0 Å². The molecule has 0 radical (unpaired) electrons. The second-order valence-electron chi connectivity index (χ2n) is 5.63. The first-order valence-electron chi connectivity index (χ1n) is 7.75. The monoisotopic (exact) mass is 309 g/mol. The van der Waals surface area contributed by atoms with Gasteiger partial charge in [-0.05, 0) is 55.7 Å². The van der Waals surface area contributed by atoms with Crippen molar-refractivity contribution in [1.82, 2.24) is 20.6 Å². The van der Waals surface area contributed by atoms with Gasteiger partial charge < -0.3 is 10.2 Å². The van der Waals surface area contributed by atoms with Gasteiger partial charge in [0.1, 0.15) is 11.6 Å². The number of hydrogen-bond acceptors (Lipinski definition) is 6. The van der Waals surface area contributed by atoms with Crippen molar-refractivity contribution in [1.29, 1.82) is 5.26 Å². The first kappa shape index (κ1) is 15.0. The quantitative estimate of drug-likeness (QED) is 0.843. The van der Waals surface area contributed by atoms with E-state index in [4.69, 9.17) is 5.26 Å². The van der Waals surface area contributed by atoms with Crippen LogP contribution in [0.5, 0.6) is 0 Å². The van der Waals surface area contributed by atoms with E-state index in [0.717, 1.165) is 12.2 Å². The number of H-pyrrole nitrogens is 1. The van der Waals surface area contributed by atoms with Gasteiger partial charge in [0.05, 0.1) is 0 Å². The van der Waals surface area contributed by atoms with Crippen LogP contribution in [-0.2, 0) is 0 Å². The van der Waals surface area contributed by atoms with Crippen LogP contribution in [0.3, 0.4) is 0 Å². The van der Waals surface area contributed by atoms with Crippen molar-refractivity contribution in [3.05, 3.63) is 36.3 Å². The minimum absolute atomic E-state index is 0.277. The molecule has 23 heavy (non-hydrogen) atoms. The van der Waals surface area contributed by atoms with Crippen LogP contribution in [0.25, 0.3) is 5.57 Å². The summed E-state index contributed by atoms with van der Waals surface area (Å²) >= 11 is 0. The van der Waals surface area contributed by atoms with Crippen molar-refractivity contribution < 1.29 is 0 Å². The highest BCUT2D eigenvalue weighted by Crippen LogP contribution is 2.25. The summed E-state index contributed by atoms with van der Waals surface area (Å²) in [4.78, 5) is 2.45. The highest BCUT2D eigenvalue weighted by atomic mass is 15.5. The fraction of sp³-hybridized carbons (Fsp3) is 0.375. The second-order valence-corrected chi connectivity index (χ2v) is 5.63. The third-order valence-electron chi connectivity index (χ3n) is 4.09. The van der Waals surface area contributed by atoms with E-state index in [1.54, 1.807) is 6.20 Å². The molecule has 2 N–H and O–H groups in total. The molecule has 0 bridgehead atoms. The van der Waals surface area contributed by atoms with E-state index in [2.05, 4.69) is 49.9 Å². The average Bonchev–Trinajstić information content (AvgIpc) is 3.11. The van der Waals surface area contributed by atoms with Crippen molar-refractivity contribution in [2.45, 2.75) is 32.2 Å². The third kappa shape index (κ3) is 3.48. The minimum atomic E-state index is 0.277. The summed E-state index contributed by atoms with van der Waals surface area (Å²) in [5.74, 6) is 0.277. The lowest BCUT2D eigenvalue weighted by Crippen LogP contribution is -2.37. The van der Waals surface area contributed by atoms with Gasteiger partial charge in [0.15, 0.2) is 0 Å². The molecule has 3 rings (SSSR count). The first-order valence-corrected chi connectivity index (χ1v) is 7.75. The number of allylic oxidation sites excluding steroid dienone is 1. The molecule has 118 valence electrons. The van der Waals surface area contributed by atoms with Crippen LogP contribution < -0.4 is 10.2 Å². The molecule has 0 spiro atoms. The Balaban J connectivity index is 1.69. The number of nitrogens with one attached hydrogen (secondary N) is 2. The van der Waals surface area contributed by atoms with Crippen LogP contribution in [0.4, 0.5) is 11.4 Å². The largest absolute Gasteiger partial charge is 0.369 e. The van der Waals surface area contributed by atoms with Gasteiger partial charge in [-0.2, -0.15) is 10.5 Å². The van der Waals surface area contributed by atoms with E-state index in [-0.39, 0.29) is 5.82 Å². The molecular weight excluding hydrogens is 290 g/mol. The van der Waals surface area contributed by atoms with Gasteiger partial charge in [0, 0.05) is 30.2 Å². The molecule has 7 nitrogen and oxygen atoms in total. The van der Waals surface area contributed by atoms with E-state index in [1.165, 1.54) is 24.9 Å². The molecule has 2 aromatic rings. The van der Waals surface area contributed by atoms with E-state index in [1.807, 2.05) is 18.2 Å². The van der Waals surface area contributed by atoms with Gasteiger partial charge in [-0.25, -0.2) is 0 Å². The fourth-order valence-electron chi connectivity index (χ4n) is 2.81. The molecule has 7 heteroatoms. The van der Waals surface area contributed by atoms with Crippen LogP contribution >= 0.6 is 0 Å². The number of aromatic amines is 1. The molecule has 1 fully saturated rings. The molecule has 0 aliphatic carbocycles. The van der Waals surface area contributed by atoms with Crippen molar-refractivity contribution in [2.24, 2.45) is 0 Å². The lowest BCUT2D eigenvalue weighted by Gasteiger charge is -2.35. The number of benzene rings is 1. The summed E-state index contributed by atoms with van der Waals surface area (Å²) in [6.07, 6.45) is 5.40. The highest BCUT2D eigenvalue weighted by molar-refractivity contribution is 5.74. The SMILES string of the molecule is CC1CCCCN1c1ccc(NC=C(C#N)c2nn[nH]n2)cc1. The summed E-state index contributed by atoms with van der Waals surface area (Å²) in [6.45, 7) is 3.39. The number of anilines is 2. The molecule has 0 saturated carbocycles. The number of nitrogens with zero attached hydrogens (tertiary/aromatic N) is 5. The Kier molecular flexibility index (Phi) is 4.52. The third-order valence-corrected chi connectivity index (χ3v) is 4.09. The second kappa shape index (κ2) is 6.92. The average molecular weight is 309 g/mol. The normalized spacial score (nSPS) is 18.5. The maximum Gasteiger partial charge on any atom is 0.216 e. The molecule has 2 heterocycles. The predicted molar refractivity (Wildman–Crippen MR) is 88.5 cm³/mol. The van der Waals surface area contributed by atoms with Gasteiger partial charge in [-0.1, -0.05) is 0 Å². The zero-order chi connectivity index (χ0) is 16.1. The fourth-order valence-corrected chi connectivity index (χ4v) is 2.81. The topological polar surface area (TPSA) is 93.5 Å². The Morgan fingerprint density at radius 2 is 2.22 bits per heavy atom. The molecule has 1 aromatic heterocycles. The number of piperidine rings is 1. The van der Waals surface area contributed by atoms with E-state index < -0.39 is 0 Å². The van der Waals surface area contributed by atoms with Crippen LogP contribution in [0.15, 0.2) is 30.5 Å². The Bertz CT molecular complexity index is 697. The molecule has 1 aliphatic heterocycles. The first-order chi connectivity index (χ1) is 11.3. The Labute approximate surface area is 135 Å². The number of hydrogen-bond donors (Lipinski definition) is 2. The zero-order valence-electron chi connectivity index (χ0n) is 13.0. The molecule has 1 unspecified atom stereocenters. The van der Waals surface area contributed by atoms with Gasteiger partial charge in [-0.15, -0.1) is 10.2 Å². The summed E-state index contributed by atoms with van der Waals surface area (Å²) in [6, 6.07) is 10.9. The molecule has 1 aromatic carbocycles. The lowest BCUT2D eigenvalue weighted by molar-refractivity contribution is 0.485. The van der Waals surface area contributed by atoms with E-state index in [9.17, 15) is 0 Å². The summed E-state index contributed by atoms with van der Waals surface area (Å²) in [5.41, 5.74) is 2.48. The van der Waals surface area contributed by atoms with Crippen molar-refractivity contribution in [3.8, 4) is 6.07 Å². The molecule has 0 amide bonds. The molecule has 1 aliphatic rings. The Hall–Kier alpha value is -2.88. The number of nitriles is 1. The molecular formula is C16H19N7. The van der Waals surface area contributed by atoms with E-state index >= 15 is 0 Å². The van der Waals surface area contributed by atoms with Gasteiger partial charge in [-0.3, -0.25) is 0 Å². The molecule has 1 saturated heterocycles. The number of aromatic nitrogens is 4. The summed E-state index contributed by atoms with van der Waals surface area (Å²) in [5, 5.41) is 25.6. The minimum Gasteiger partial charge on any atom is -0.369 e. The summed E-state index contributed by atoms with van der Waals surface area (Å²) < 4.78 is 0. The maximum absolute atomic E-state index is 9.13. The van der Waals surface area contributed by atoms with Crippen molar-refractivity contribution in [3.63, 3.8) is 0 Å². The predicted octanol–water partition coefficient (Wildman–Crippen LogP) is 2.56. The number of rotatable bonds is 4. The lowest BCUT2D eigenvalue weighted by atomic mass is 10.0. The van der Waals surface area contributed by atoms with E-state index in [0.29, 0.717) is 11.6 Å². The smallest absolute Gasteiger partial charge is 0.216 e. The van der Waals surface area contributed by atoms with Crippen molar-refractivity contribution in [2.75, 3.05) is 16.8 Å². The summed E-state index contributed by atoms with van der Waals surface area (Å²) in [7, 11) is 0. The molecule has 1 atom stereocenters. The maximum atomic E-state index is 9.13. The van der Waals surface area contributed by atoms with Crippen LogP contribution in [0.1, 0.15) is 32.0 Å². The van der Waals surface area contributed by atoms with Crippen LogP contribution in [-0.4, -0.2) is 33.2 Å². The Morgan fingerprint density at radius 1 is 1.39 bits per heavy atom. The Morgan fingerprint density at radius 3 is 2.87 bits per heavy atom. The van der Waals surface area contributed by atoms with Crippen LogP contribution in [0.2, 0.25) is 0 Å². The highest BCUT2D eigenvalue weighted by Gasteiger charge is 2.18. The van der Waals surface area contributed by atoms with Crippen molar-refractivity contribution >= 4 is 16.9 Å². The number of tetrazole rings is 1.